The van der Waals surface area contributed by atoms with Crippen molar-refractivity contribution in [2.45, 2.75) is 24.8 Å². The lowest BCUT2D eigenvalue weighted by atomic mass is 10.1. The number of halogens is 3. The van der Waals surface area contributed by atoms with Crippen molar-refractivity contribution < 1.29 is 21.6 Å². The second-order valence-electron chi connectivity index (χ2n) is 4.93. The first-order valence-electron chi connectivity index (χ1n) is 6.45. The number of nitrogens with one attached hydrogen (secondary N) is 1. The van der Waals surface area contributed by atoms with E-state index >= 15 is 0 Å². The first-order chi connectivity index (χ1) is 10.2. The van der Waals surface area contributed by atoms with Gasteiger partial charge in [-0.05, 0) is 31.5 Å². The van der Waals surface area contributed by atoms with Gasteiger partial charge in [0, 0.05) is 6.04 Å². The van der Waals surface area contributed by atoms with E-state index in [-0.39, 0.29) is 0 Å². The van der Waals surface area contributed by atoms with E-state index in [2.05, 4.69) is 4.72 Å². The van der Waals surface area contributed by atoms with Crippen molar-refractivity contribution in [2.24, 2.45) is 0 Å². The molecule has 0 aliphatic heterocycles. The van der Waals surface area contributed by atoms with Gasteiger partial charge in [-0.25, -0.2) is 26.3 Å². The lowest BCUT2D eigenvalue weighted by Gasteiger charge is -2.15. The Kier molecular flexibility index (Phi) is 4.58. The van der Waals surface area contributed by atoms with Crippen LogP contribution in [0.4, 0.5) is 13.2 Å². The van der Waals surface area contributed by atoms with Gasteiger partial charge in [0.1, 0.15) is 4.90 Å². The van der Waals surface area contributed by atoms with Crippen LogP contribution in [-0.2, 0) is 10.0 Å². The zero-order valence-electron chi connectivity index (χ0n) is 11.9. The van der Waals surface area contributed by atoms with E-state index in [1.54, 1.807) is 31.2 Å². The van der Waals surface area contributed by atoms with Crippen LogP contribution in [0.2, 0.25) is 0 Å². The highest BCUT2D eigenvalue weighted by molar-refractivity contribution is 7.89. The van der Waals surface area contributed by atoms with Gasteiger partial charge < -0.3 is 0 Å². The molecule has 0 amide bonds. The Bertz CT molecular complexity index is 789. The van der Waals surface area contributed by atoms with Crippen LogP contribution in [-0.4, -0.2) is 8.42 Å². The molecule has 0 bridgehead atoms. The van der Waals surface area contributed by atoms with Gasteiger partial charge in [0.05, 0.1) is 0 Å². The van der Waals surface area contributed by atoms with Gasteiger partial charge in [0.25, 0.3) is 0 Å². The summed E-state index contributed by atoms with van der Waals surface area (Å²) < 4.78 is 66.2. The van der Waals surface area contributed by atoms with Crippen molar-refractivity contribution in [3.05, 3.63) is 65.0 Å². The summed E-state index contributed by atoms with van der Waals surface area (Å²) in [4.78, 5) is -0.926. The van der Waals surface area contributed by atoms with Crippen LogP contribution in [0.5, 0.6) is 0 Å². The van der Waals surface area contributed by atoms with Gasteiger partial charge in [-0.1, -0.05) is 29.8 Å². The van der Waals surface area contributed by atoms with Crippen molar-refractivity contribution >= 4 is 10.0 Å². The van der Waals surface area contributed by atoms with Crippen molar-refractivity contribution in [2.75, 3.05) is 0 Å². The van der Waals surface area contributed by atoms with Gasteiger partial charge >= 0.3 is 0 Å². The second kappa shape index (κ2) is 6.10. The van der Waals surface area contributed by atoms with Crippen LogP contribution in [0.25, 0.3) is 0 Å². The summed E-state index contributed by atoms with van der Waals surface area (Å²) in [5.74, 6) is -4.99. The molecule has 0 aliphatic carbocycles. The normalized spacial score (nSPS) is 13.1. The molecule has 0 aromatic heterocycles. The van der Waals surface area contributed by atoms with Gasteiger partial charge in [0.2, 0.25) is 10.0 Å². The van der Waals surface area contributed by atoms with E-state index in [1.807, 2.05) is 6.92 Å². The Morgan fingerprint density at radius 1 is 0.955 bits per heavy atom. The van der Waals surface area contributed by atoms with E-state index < -0.39 is 38.4 Å². The number of rotatable bonds is 4. The fourth-order valence-electron chi connectivity index (χ4n) is 1.94. The van der Waals surface area contributed by atoms with E-state index in [1.165, 1.54) is 0 Å². The number of sulfonamides is 1. The summed E-state index contributed by atoms with van der Waals surface area (Å²) in [5, 5.41) is 0. The summed E-state index contributed by atoms with van der Waals surface area (Å²) in [6, 6.07) is 7.67. The molecule has 0 saturated heterocycles. The van der Waals surface area contributed by atoms with Gasteiger partial charge in [-0.15, -0.1) is 0 Å². The molecular formula is C15H14F3NO2S. The highest BCUT2D eigenvalue weighted by Gasteiger charge is 2.25. The molecule has 22 heavy (non-hydrogen) atoms. The Morgan fingerprint density at radius 3 is 2.14 bits per heavy atom. The molecule has 1 unspecified atom stereocenters. The van der Waals surface area contributed by atoms with E-state index in [4.69, 9.17) is 0 Å². The maximum atomic E-state index is 13.6. The lowest BCUT2D eigenvalue weighted by Crippen LogP contribution is -2.28. The molecule has 0 fully saturated rings. The molecule has 3 nitrogen and oxygen atoms in total. The van der Waals surface area contributed by atoms with E-state index in [9.17, 15) is 21.6 Å². The molecule has 2 aromatic rings. The summed E-state index contributed by atoms with van der Waals surface area (Å²) in [7, 11) is -4.32. The minimum absolute atomic E-state index is 0.573. The largest absolute Gasteiger partial charge is 0.244 e. The highest BCUT2D eigenvalue weighted by Crippen LogP contribution is 2.22. The smallest absolute Gasteiger partial charge is 0.207 e. The average Bonchev–Trinajstić information content (AvgIpc) is 2.44. The zero-order valence-corrected chi connectivity index (χ0v) is 12.7. The Labute approximate surface area is 126 Å². The molecule has 1 N–H and O–H groups in total. The molecule has 0 saturated carbocycles. The third kappa shape index (κ3) is 3.31. The number of hydrogen-bond acceptors (Lipinski definition) is 2. The van der Waals surface area contributed by atoms with Gasteiger partial charge in [-0.2, -0.15) is 0 Å². The number of benzene rings is 2. The quantitative estimate of drug-likeness (QED) is 0.873. The third-order valence-electron chi connectivity index (χ3n) is 3.20. The standard InChI is InChI=1S/C15H14F3NO2S/c1-9-3-5-11(6-4-9)10(2)19-22(20,21)13-8-7-12(16)14(17)15(13)18/h3-8,10,19H,1-2H3. The highest BCUT2D eigenvalue weighted by atomic mass is 32.2. The first-order valence-corrected chi connectivity index (χ1v) is 7.93. The molecule has 2 rings (SSSR count). The minimum atomic E-state index is -4.32. The summed E-state index contributed by atoms with van der Waals surface area (Å²) in [6.45, 7) is 3.45. The van der Waals surface area contributed by atoms with Crippen molar-refractivity contribution in [3.8, 4) is 0 Å². The predicted octanol–water partition coefficient (Wildman–Crippen LogP) is 3.45. The molecule has 0 aliphatic rings. The maximum Gasteiger partial charge on any atom is 0.244 e. The number of aryl methyl sites for hydroxylation is 1. The van der Waals surface area contributed by atoms with Crippen LogP contribution in [0.1, 0.15) is 24.1 Å². The van der Waals surface area contributed by atoms with Crippen molar-refractivity contribution in [1.29, 1.82) is 0 Å². The Balaban J connectivity index is 2.32. The zero-order chi connectivity index (χ0) is 16.5. The summed E-state index contributed by atoms with van der Waals surface area (Å²) >= 11 is 0. The third-order valence-corrected chi connectivity index (χ3v) is 4.76. The van der Waals surface area contributed by atoms with Crippen LogP contribution in [0.3, 0.4) is 0 Å². The van der Waals surface area contributed by atoms with E-state index in [0.29, 0.717) is 17.7 Å². The molecule has 0 heterocycles. The second-order valence-corrected chi connectivity index (χ2v) is 6.61. The van der Waals surface area contributed by atoms with Crippen molar-refractivity contribution in [1.82, 2.24) is 4.72 Å². The molecular weight excluding hydrogens is 315 g/mol. The van der Waals surface area contributed by atoms with Gasteiger partial charge in [0.15, 0.2) is 17.5 Å². The SMILES string of the molecule is Cc1ccc(C(C)NS(=O)(=O)c2ccc(F)c(F)c2F)cc1. The van der Waals surface area contributed by atoms with Crippen LogP contribution in [0, 0.1) is 24.4 Å². The molecule has 1 atom stereocenters. The van der Waals surface area contributed by atoms with E-state index in [0.717, 1.165) is 5.56 Å². The predicted molar refractivity (Wildman–Crippen MR) is 76.2 cm³/mol. The van der Waals surface area contributed by atoms with Crippen LogP contribution >= 0.6 is 0 Å². The minimum Gasteiger partial charge on any atom is -0.207 e. The summed E-state index contributed by atoms with van der Waals surface area (Å²) in [5.41, 5.74) is 1.67. The number of hydrogen-bond donors (Lipinski definition) is 1. The van der Waals surface area contributed by atoms with Crippen LogP contribution < -0.4 is 4.72 Å². The van der Waals surface area contributed by atoms with Crippen molar-refractivity contribution in [3.63, 3.8) is 0 Å². The summed E-state index contributed by atoms with van der Waals surface area (Å²) in [6.07, 6.45) is 0. The first kappa shape index (κ1) is 16.5. The Hall–Kier alpha value is -1.86. The molecule has 118 valence electrons. The molecule has 0 spiro atoms. The van der Waals surface area contributed by atoms with Crippen LogP contribution in [0.15, 0.2) is 41.3 Å². The molecule has 2 aromatic carbocycles. The lowest BCUT2D eigenvalue weighted by molar-refractivity contribution is 0.431. The fraction of sp³-hybridized carbons (Fsp3) is 0.200. The fourth-order valence-corrected chi connectivity index (χ4v) is 3.24. The molecule has 7 heteroatoms. The Morgan fingerprint density at radius 2 is 1.55 bits per heavy atom. The average molecular weight is 329 g/mol. The monoisotopic (exact) mass is 329 g/mol. The van der Waals surface area contributed by atoms with Gasteiger partial charge in [-0.3, -0.25) is 0 Å². The maximum absolute atomic E-state index is 13.6. The topological polar surface area (TPSA) is 46.2 Å². The molecule has 0 radical (unpaired) electrons.